The summed E-state index contributed by atoms with van der Waals surface area (Å²) in [6.07, 6.45) is 9.05. The van der Waals surface area contributed by atoms with Gasteiger partial charge >= 0.3 is 5.97 Å². The van der Waals surface area contributed by atoms with Gasteiger partial charge in [0.1, 0.15) is 5.75 Å². The van der Waals surface area contributed by atoms with Gasteiger partial charge in [0, 0.05) is 18.6 Å². The van der Waals surface area contributed by atoms with Crippen LogP contribution in [0.15, 0.2) is 36.4 Å². The van der Waals surface area contributed by atoms with Gasteiger partial charge in [0.05, 0.1) is 12.0 Å². The van der Waals surface area contributed by atoms with E-state index in [1.54, 1.807) is 0 Å². The first-order valence-electron chi connectivity index (χ1n) is 12.9. The number of nitrogens with zero attached hydrogens (tertiary/aromatic N) is 1. The zero-order valence-corrected chi connectivity index (χ0v) is 20.4. The zero-order valence-electron chi connectivity index (χ0n) is 20.4. The second-order valence-corrected chi connectivity index (χ2v) is 11.9. The van der Waals surface area contributed by atoms with Gasteiger partial charge in [-0.1, -0.05) is 39.0 Å². The highest BCUT2D eigenvalue weighted by molar-refractivity contribution is 5.84. The van der Waals surface area contributed by atoms with E-state index >= 15 is 0 Å². The Hall–Kier alpha value is -2.07. The molecule has 5 rings (SSSR count). The summed E-state index contributed by atoms with van der Waals surface area (Å²) >= 11 is 0. The minimum atomic E-state index is -0.613. The molecule has 2 bridgehead atoms. The molecule has 0 spiro atoms. The van der Waals surface area contributed by atoms with E-state index in [2.05, 4.69) is 62.1 Å². The molecule has 178 valence electrons. The normalized spacial score (nSPS) is 30.5. The SMILES string of the molecule is CC(C)(C)C1CCC(Oc2ccc3cc(CN4C5CCC4CC(C(=O)O)C5)ccc3c2)CC1. The highest BCUT2D eigenvalue weighted by Gasteiger charge is 2.42. The van der Waals surface area contributed by atoms with Crippen LogP contribution in [-0.2, 0) is 11.3 Å². The molecule has 1 saturated carbocycles. The Labute approximate surface area is 198 Å². The molecule has 4 nitrogen and oxygen atoms in total. The van der Waals surface area contributed by atoms with Crippen LogP contribution in [0.5, 0.6) is 5.75 Å². The lowest BCUT2D eigenvalue weighted by Crippen LogP contribution is -2.44. The average Bonchev–Trinajstić information content (AvgIpc) is 3.00. The Balaban J connectivity index is 1.22. The molecule has 4 heteroatoms. The highest BCUT2D eigenvalue weighted by atomic mass is 16.5. The van der Waals surface area contributed by atoms with Crippen LogP contribution in [0.3, 0.4) is 0 Å². The van der Waals surface area contributed by atoms with E-state index in [1.165, 1.54) is 29.2 Å². The molecule has 2 aromatic rings. The van der Waals surface area contributed by atoms with E-state index in [9.17, 15) is 9.90 Å². The first kappa shape index (κ1) is 22.7. The van der Waals surface area contributed by atoms with Crippen LogP contribution >= 0.6 is 0 Å². The molecule has 2 heterocycles. The summed E-state index contributed by atoms with van der Waals surface area (Å²) in [5.74, 6) is 1.02. The number of aliphatic carboxylic acids is 1. The maximum absolute atomic E-state index is 11.5. The Morgan fingerprint density at radius 1 is 0.939 bits per heavy atom. The smallest absolute Gasteiger partial charge is 0.306 e. The summed E-state index contributed by atoms with van der Waals surface area (Å²) in [4.78, 5) is 14.0. The van der Waals surface area contributed by atoms with Crippen LogP contribution in [0.4, 0.5) is 0 Å². The number of fused-ring (bicyclic) bond motifs is 3. The molecule has 2 aliphatic heterocycles. The first-order chi connectivity index (χ1) is 15.8. The van der Waals surface area contributed by atoms with Crippen LogP contribution < -0.4 is 4.74 Å². The van der Waals surface area contributed by atoms with E-state index in [0.717, 1.165) is 56.7 Å². The van der Waals surface area contributed by atoms with Gasteiger partial charge < -0.3 is 9.84 Å². The third-order valence-corrected chi connectivity index (χ3v) is 8.68. The van der Waals surface area contributed by atoms with Gasteiger partial charge in [-0.2, -0.15) is 0 Å². The molecule has 2 unspecified atom stereocenters. The van der Waals surface area contributed by atoms with Crippen molar-refractivity contribution in [2.24, 2.45) is 17.3 Å². The third-order valence-electron chi connectivity index (χ3n) is 8.68. The topological polar surface area (TPSA) is 49.8 Å². The van der Waals surface area contributed by atoms with Crippen LogP contribution in [0.1, 0.15) is 77.7 Å². The third kappa shape index (κ3) is 4.91. The van der Waals surface area contributed by atoms with E-state index in [0.29, 0.717) is 23.6 Å². The standard InChI is InChI=1S/C29H39NO3/c1-29(2,3)23-7-12-26(13-8-23)33-27-11-6-20-14-19(4-5-21(20)17-27)18-30-24-9-10-25(30)16-22(15-24)28(31)32/h4-6,11,14,17,22-26H,7-10,12-13,15-16,18H2,1-3H3,(H,31,32). The quantitative estimate of drug-likeness (QED) is 0.555. The van der Waals surface area contributed by atoms with Crippen molar-refractivity contribution < 1.29 is 14.6 Å². The fourth-order valence-electron chi connectivity index (χ4n) is 6.63. The van der Waals surface area contributed by atoms with Gasteiger partial charge in [-0.25, -0.2) is 0 Å². The number of hydrogen-bond donors (Lipinski definition) is 1. The lowest BCUT2D eigenvalue weighted by molar-refractivity contribution is -0.144. The van der Waals surface area contributed by atoms with Gasteiger partial charge in [-0.15, -0.1) is 0 Å². The molecule has 3 fully saturated rings. The maximum Gasteiger partial charge on any atom is 0.306 e. The Morgan fingerprint density at radius 2 is 1.58 bits per heavy atom. The number of carboxylic acids is 1. The van der Waals surface area contributed by atoms with E-state index < -0.39 is 5.97 Å². The molecule has 33 heavy (non-hydrogen) atoms. The Morgan fingerprint density at radius 3 is 2.21 bits per heavy atom. The lowest BCUT2D eigenvalue weighted by atomic mass is 9.72. The van der Waals surface area contributed by atoms with Crippen LogP contribution in [0.2, 0.25) is 0 Å². The van der Waals surface area contributed by atoms with Crippen molar-refractivity contribution in [1.29, 1.82) is 0 Å². The van der Waals surface area contributed by atoms with Crippen molar-refractivity contribution in [3.8, 4) is 5.75 Å². The molecular weight excluding hydrogens is 410 g/mol. The molecule has 0 amide bonds. The molecule has 2 atom stereocenters. The molecule has 3 aliphatic rings. The minimum Gasteiger partial charge on any atom is -0.490 e. The van der Waals surface area contributed by atoms with Crippen LogP contribution in [-0.4, -0.2) is 34.2 Å². The van der Waals surface area contributed by atoms with Crippen molar-refractivity contribution in [2.45, 2.75) is 96.9 Å². The molecule has 0 radical (unpaired) electrons. The Bertz CT molecular complexity index is 988. The Kier molecular flexibility index (Phi) is 6.15. The van der Waals surface area contributed by atoms with Crippen molar-refractivity contribution in [2.75, 3.05) is 0 Å². The summed E-state index contributed by atoms with van der Waals surface area (Å²) in [6, 6.07) is 14.1. The van der Waals surface area contributed by atoms with Crippen molar-refractivity contribution in [1.82, 2.24) is 4.90 Å². The highest BCUT2D eigenvalue weighted by Crippen LogP contribution is 2.41. The zero-order chi connectivity index (χ0) is 23.2. The second kappa shape index (κ2) is 8.94. The summed E-state index contributed by atoms with van der Waals surface area (Å²) in [5, 5.41) is 11.9. The molecule has 1 aliphatic carbocycles. The van der Waals surface area contributed by atoms with E-state index in [-0.39, 0.29) is 5.92 Å². The monoisotopic (exact) mass is 449 g/mol. The molecule has 1 N–H and O–H groups in total. The molecule has 0 aromatic heterocycles. The summed E-state index contributed by atoms with van der Waals surface area (Å²) in [6.45, 7) is 8.00. The predicted octanol–water partition coefficient (Wildman–Crippen LogP) is 6.65. The number of ether oxygens (including phenoxy) is 1. The number of carboxylic acid groups (broad SMARTS) is 1. The van der Waals surface area contributed by atoms with E-state index in [4.69, 9.17) is 4.74 Å². The van der Waals surface area contributed by atoms with Gasteiger partial charge in [0.25, 0.3) is 0 Å². The van der Waals surface area contributed by atoms with Crippen LogP contribution in [0.25, 0.3) is 10.8 Å². The number of rotatable bonds is 5. The molecule has 2 aromatic carbocycles. The first-order valence-corrected chi connectivity index (χ1v) is 12.9. The number of hydrogen-bond acceptors (Lipinski definition) is 3. The van der Waals surface area contributed by atoms with E-state index in [1.807, 2.05) is 0 Å². The molecular formula is C29H39NO3. The van der Waals surface area contributed by atoms with Gasteiger partial charge in [-0.05, 0) is 97.2 Å². The predicted molar refractivity (Wildman–Crippen MR) is 132 cm³/mol. The average molecular weight is 450 g/mol. The van der Waals surface area contributed by atoms with Gasteiger partial charge in [0.15, 0.2) is 0 Å². The fourth-order valence-corrected chi connectivity index (χ4v) is 6.63. The summed E-state index contributed by atoms with van der Waals surface area (Å²) < 4.78 is 6.39. The number of carbonyl (C=O) groups is 1. The largest absolute Gasteiger partial charge is 0.490 e. The maximum atomic E-state index is 11.5. The van der Waals surface area contributed by atoms with Gasteiger partial charge in [0.2, 0.25) is 0 Å². The molecule has 2 saturated heterocycles. The van der Waals surface area contributed by atoms with Gasteiger partial charge in [-0.3, -0.25) is 9.69 Å². The fraction of sp³-hybridized carbons (Fsp3) is 0.621. The van der Waals surface area contributed by atoms with Crippen LogP contribution in [0, 0.1) is 17.3 Å². The number of piperidine rings is 1. The van der Waals surface area contributed by atoms with Crippen molar-refractivity contribution in [3.05, 3.63) is 42.0 Å². The summed E-state index contributed by atoms with van der Waals surface area (Å²) in [7, 11) is 0. The summed E-state index contributed by atoms with van der Waals surface area (Å²) in [5.41, 5.74) is 1.72. The van der Waals surface area contributed by atoms with Crippen molar-refractivity contribution >= 4 is 16.7 Å². The lowest BCUT2D eigenvalue weighted by Gasteiger charge is -2.37. The van der Waals surface area contributed by atoms with Crippen molar-refractivity contribution in [3.63, 3.8) is 0 Å². The minimum absolute atomic E-state index is 0.155. The second-order valence-electron chi connectivity index (χ2n) is 11.9. The number of benzene rings is 2.